The Morgan fingerprint density at radius 1 is 1.69 bits per heavy atom. The normalized spacial score (nSPS) is 27.7. The molecule has 1 heterocycles. The minimum absolute atomic E-state index is 0.0860. The Morgan fingerprint density at radius 2 is 2.31 bits per heavy atom. The van der Waals surface area contributed by atoms with Crippen molar-refractivity contribution in [3.8, 4) is 0 Å². The first-order chi connectivity index (χ1) is 6.07. The molecule has 2 unspecified atom stereocenters. The molecule has 1 amide bonds. The number of amides is 1. The van der Waals surface area contributed by atoms with Gasteiger partial charge in [0.1, 0.15) is 6.04 Å². The summed E-state index contributed by atoms with van der Waals surface area (Å²) in [4.78, 5) is 23.3. The molecular weight excluding hydrogens is 192 g/mol. The SMILES string of the molecule is CC1SCC(C(=O)O)N1C(=O)CN. The Labute approximate surface area is 80.3 Å². The van der Waals surface area contributed by atoms with Gasteiger partial charge in [0, 0.05) is 5.75 Å². The second kappa shape index (κ2) is 3.97. The van der Waals surface area contributed by atoms with Crippen LogP contribution in [0.1, 0.15) is 6.92 Å². The van der Waals surface area contributed by atoms with Gasteiger partial charge in [0.2, 0.25) is 5.91 Å². The van der Waals surface area contributed by atoms with Gasteiger partial charge >= 0.3 is 5.97 Å². The molecule has 1 aliphatic heterocycles. The fraction of sp³-hybridized carbons (Fsp3) is 0.714. The van der Waals surface area contributed by atoms with Crippen LogP contribution < -0.4 is 5.73 Å². The number of hydrogen-bond donors (Lipinski definition) is 2. The monoisotopic (exact) mass is 204 g/mol. The molecule has 1 aliphatic rings. The number of thioether (sulfide) groups is 1. The van der Waals surface area contributed by atoms with E-state index in [1.54, 1.807) is 6.92 Å². The Kier molecular flexibility index (Phi) is 3.16. The van der Waals surface area contributed by atoms with Gasteiger partial charge in [0.05, 0.1) is 11.9 Å². The minimum atomic E-state index is -0.960. The van der Waals surface area contributed by atoms with Crippen LogP contribution in [-0.4, -0.2) is 45.6 Å². The second-order valence-corrected chi connectivity index (χ2v) is 4.14. The number of hydrogen-bond acceptors (Lipinski definition) is 4. The number of carbonyl (C=O) groups is 2. The van der Waals surface area contributed by atoms with Crippen molar-refractivity contribution >= 4 is 23.6 Å². The number of carbonyl (C=O) groups excluding carboxylic acids is 1. The summed E-state index contributed by atoms with van der Waals surface area (Å²) in [6.07, 6.45) is 0. The Balaban J connectivity index is 2.76. The van der Waals surface area contributed by atoms with Gasteiger partial charge in [-0.15, -0.1) is 11.8 Å². The van der Waals surface area contributed by atoms with E-state index in [1.165, 1.54) is 16.7 Å². The molecule has 5 nitrogen and oxygen atoms in total. The molecule has 2 atom stereocenters. The van der Waals surface area contributed by atoms with E-state index in [0.717, 1.165) is 0 Å². The van der Waals surface area contributed by atoms with Crippen LogP contribution in [0.2, 0.25) is 0 Å². The van der Waals surface area contributed by atoms with E-state index in [2.05, 4.69) is 0 Å². The molecule has 0 bridgehead atoms. The molecule has 0 aromatic rings. The lowest BCUT2D eigenvalue weighted by Crippen LogP contribution is -2.47. The molecule has 0 radical (unpaired) electrons. The third-order valence-electron chi connectivity index (χ3n) is 1.97. The summed E-state index contributed by atoms with van der Waals surface area (Å²) in [7, 11) is 0. The first-order valence-corrected chi connectivity index (χ1v) is 4.98. The molecule has 0 aromatic carbocycles. The van der Waals surface area contributed by atoms with Crippen LogP contribution in [0.3, 0.4) is 0 Å². The van der Waals surface area contributed by atoms with Crippen molar-refractivity contribution < 1.29 is 14.7 Å². The van der Waals surface area contributed by atoms with Gasteiger partial charge in [0.15, 0.2) is 0 Å². The van der Waals surface area contributed by atoms with Crippen LogP contribution in [0, 0.1) is 0 Å². The van der Waals surface area contributed by atoms with Crippen molar-refractivity contribution in [2.45, 2.75) is 18.3 Å². The van der Waals surface area contributed by atoms with Crippen LogP contribution in [0.5, 0.6) is 0 Å². The number of carboxylic acid groups (broad SMARTS) is 1. The van der Waals surface area contributed by atoms with E-state index < -0.39 is 12.0 Å². The lowest BCUT2D eigenvalue weighted by atomic mass is 10.3. The average molecular weight is 204 g/mol. The van der Waals surface area contributed by atoms with Crippen LogP contribution in [-0.2, 0) is 9.59 Å². The van der Waals surface area contributed by atoms with Crippen molar-refractivity contribution in [3.05, 3.63) is 0 Å². The summed E-state index contributed by atoms with van der Waals surface area (Å²) in [5.41, 5.74) is 5.18. The van der Waals surface area contributed by atoms with Crippen LogP contribution in [0.4, 0.5) is 0 Å². The molecule has 1 fully saturated rings. The van der Waals surface area contributed by atoms with Gasteiger partial charge in [0.25, 0.3) is 0 Å². The zero-order chi connectivity index (χ0) is 10.0. The third kappa shape index (κ3) is 1.94. The minimum Gasteiger partial charge on any atom is -0.480 e. The van der Waals surface area contributed by atoms with Gasteiger partial charge < -0.3 is 15.7 Å². The maximum absolute atomic E-state index is 11.3. The van der Waals surface area contributed by atoms with Gasteiger partial charge in [-0.05, 0) is 6.92 Å². The topological polar surface area (TPSA) is 83.6 Å². The Hall–Kier alpha value is -0.750. The zero-order valence-corrected chi connectivity index (χ0v) is 8.08. The maximum Gasteiger partial charge on any atom is 0.327 e. The molecule has 1 saturated heterocycles. The summed E-state index contributed by atoms with van der Waals surface area (Å²) in [6, 6.07) is -0.712. The predicted octanol–water partition coefficient (Wildman–Crippen LogP) is -0.680. The molecular formula is C7H12N2O3S. The first-order valence-electron chi connectivity index (χ1n) is 3.93. The second-order valence-electron chi connectivity index (χ2n) is 2.79. The molecule has 3 N–H and O–H groups in total. The lowest BCUT2D eigenvalue weighted by Gasteiger charge is -2.24. The number of rotatable bonds is 2. The summed E-state index contributed by atoms with van der Waals surface area (Å²) >= 11 is 1.45. The van der Waals surface area contributed by atoms with E-state index >= 15 is 0 Å². The summed E-state index contributed by atoms with van der Waals surface area (Å²) < 4.78 is 0. The summed E-state index contributed by atoms with van der Waals surface area (Å²) in [5.74, 6) is -0.814. The quantitative estimate of drug-likeness (QED) is 0.622. The molecule has 0 spiro atoms. The van der Waals surface area contributed by atoms with Crippen molar-refractivity contribution in [2.24, 2.45) is 5.73 Å². The van der Waals surface area contributed by atoms with Gasteiger partial charge in [-0.25, -0.2) is 4.79 Å². The highest BCUT2D eigenvalue weighted by atomic mass is 32.2. The molecule has 13 heavy (non-hydrogen) atoms. The highest BCUT2D eigenvalue weighted by Gasteiger charge is 2.38. The molecule has 74 valence electrons. The van der Waals surface area contributed by atoms with Crippen LogP contribution in [0.25, 0.3) is 0 Å². The smallest absolute Gasteiger partial charge is 0.327 e. The molecule has 0 saturated carbocycles. The number of nitrogens with two attached hydrogens (primary N) is 1. The van der Waals surface area contributed by atoms with E-state index in [4.69, 9.17) is 10.8 Å². The Bertz CT molecular complexity index is 234. The standard InChI is InChI=1S/C7H12N2O3S/c1-4-9(6(10)2-8)5(3-13-4)7(11)12/h4-5H,2-3,8H2,1H3,(H,11,12). The van der Waals surface area contributed by atoms with Crippen molar-refractivity contribution in [1.29, 1.82) is 0 Å². The number of nitrogens with zero attached hydrogens (tertiary/aromatic N) is 1. The molecule has 0 aromatic heterocycles. The molecule has 0 aliphatic carbocycles. The maximum atomic E-state index is 11.3. The van der Waals surface area contributed by atoms with Crippen molar-refractivity contribution in [3.63, 3.8) is 0 Å². The Morgan fingerprint density at radius 3 is 2.77 bits per heavy atom. The van der Waals surface area contributed by atoms with Crippen molar-refractivity contribution in [1.82, 2.24) is 4.90 Å². The van der Waals surface area contributed by atoms with Crippen molar-refractivity contribution in [2.75, 3.05) is 12.3 Å². The summed E-state index contributed by atoms with van der Waals surface area (Å²) in [6.45, 7) is 1.68. The van der Waals surface area contributed by atoms with Crippen LogP contribution in [0.15, 0.2) is 0 Å². The first kappa shape index (κ1) is 10.3. The molecule has 1 rings (SSSR count). The number of aliphatic carboxylic acids is 1. The van der Waals surface area contributed by atoms with Gasteiger partial charge in [-0.3, -0.25) is 4.79 Å². The lowest BCUT2D eigenvalue weighted by molar-refractivity contribution is -0.148. The average Bonchev–Trinajstić information content (AvgIpc) is 2.46. The number of carboxylic acids is 1. The van der Waals surface area contributed by atoms with Crippen LogP contribution >= 0.6 is 11.8 Å². The largest absolute Gasteiger partial charge is 0.480 e. The predicted molar refractivity (Wildman–Crippen MR) is 49.2 cm³/mol. The zero-order valence-electron chi connectivity index (χ0n) is 7.27. The summed E-state index contributed by atoms with van der Waals surface area (Å²) in [5, 5.41) is 8.71. The fourth-order valence-electron chi connectivity index (χ4n) is 1.32. The third-order valence-corrected chi connectivity index (χ3v) is 3.19. The van der Waals surface area contributed by atoms with E-state index in [-0.39, 0.29) is 17.8 Å². The molecule has 6 heteroatoms. The van der Waals surface area contributed by atoms with Gasteiger partial charge in [-0.1, -0.05) is 0 Å². The van der Waals surface area contributed by atoms with E-state index in [9.17, 15) is 9.59 Å². The van der Waals surface area contributed by atoms with Gasteiger partial charge in [-0.2, -0.15) is 0 Å². The van der Waals surface area contributed by atoms with E-state index in [1.807, 2.05) is 0 Å². The fourth-order valence-corrected chi connectivity index (χ4v) is 2.51. The highest BCUT2D eigenvalue weighted by Crippen LogP contribution is 2.28. The highest BCUT2D eigenvalue weighted by molar-refractivity contribution is 8.00. The van der Waals surface area contributed by atoms with E-state index in [0.29, 0.717) is 5.75 Å².